The summed E-state index contributed by atoms with van der Waals surface area (Å²) < 4.78 is 15.9. The van der Waals surface area contributed by atoms with Crippen molar-refractivity contribution in [2.75, 3.05) is 13.2 Å². The van der Waals surface area contributed by atoms with Gasteiger partial charge in [0.15, 0.2) is 5.69 Å². The number of ether oxygens (including phenoxy) is 2. The average molecular weight is 429 g/mol. The lowest BCUT2D eigenvalue weighted by Crippen LogP contribution is -2.07. The molecule has 8 nitrogen and oxygen atoms in total. The SMILES string of the molecule is CCCCOc1ccc(-c2nc(C=Nc3nc(CC(=O)OCC)cs3)c(O)o2)cc1. The van der Waals surface area contributed by atoms with Crippen LogP contribution in [0.2, 0.25) is 0 Å². The summed E-state index contributed by atoms with van der Waals surface area (Å²) in [4.78, 5) is 24.2. The zero-order valence-corrected chi connectivity index (χ0v) is 17.6. The number of hydrogen-bond donors (Lipinski definition) is 1. The molecule has 3 rings (SSSR count). The Morgan fingerprint density at radius 3 is 2.80 bits per heavy atom. The Morgan fingerprint density at radius 1 is 1.27 bits per heavy atom. The van der Waals surface area contributed by atoms with Crippen molar-refractivity contribution in [1.82, 2.24) is 9.97 Å². The van der Waals surface area contributed by atoms with E-state index >= 15 is 0 Å². The van der Waals surface area contributed by atoms with Crippen LogP contribution in [0, 0.1) is 0 Å². The van der Waals surface area contributed by atoms with E-state index in [1.807, 2.05) is 24.3 Å². The van der Waals surface area contributed by atoms with Gasteiger partial charge in [-0.1, -0.05) is 13.3 Å². The van der Waals surface area contributed by atoms with Crippen LogP contribution in [-0.4, -0.2) is 40.5 Å². The van der Waals surface area contributed by atoms with E-state index in [2.05, 4.69) is 21.9 Å². The number of hydrogen-bond acceptors (Lipinski definition) is 9. The van der Waals surface area contributed by atoms with Crippen molar-refractivity contribution in [3.63, 3.8) is 0 Å². The molecule has 158 valence electrons. The fourth-order valence-corrected chi connectivity index (χ4v) is 3.13. The van der Waals surface area contributed by atoms with Gasteiger partial charge < -0.3 is 19.0 Å². The summed E-state index contributed by atoms with van der Waals surface area (Å²) in [6.07, 6.45) is 3.54. The van der Waals surface area contributed by atoms with Crippen LogP contribution in [0.5, 0.6) is 11.7 Å². The summed E-state index contributed by atoms with van der Waals surface area (Å²) in [6.45, 7) is 4.87. The zero-order chi connectivity index (χ0) is 21.3. The van der Waals surface area contributed by atoms with Gasteiger partial charge in [0.25, 0.3) is 0 Å². The van der Waals surface area contributed by atoms with Gasteiger partial charge in [-0.25, -0.2) is 15.0 Å². The number of esters is 1. The average Bonchev–Trinajstić information content (AvgIpc) is 3.33. The Kier molecular flexibility index (Phi) is 7.56. The second kappa shape index (κ2) is 10.5. The van der Waals surface area contributed by atoms with Gasteiger partial charge in [-0.2, -0.15) is 0 Å². The molecule has 3 aromatic rings. The first-order chi connectivity index (χ1) is 14.6. The van der Waals surface area contributed by atoms with E-state index in [-0.39, 0.29) is 29.9 Å². The van der Waals surface area contributed by atoms with E-state index in [0.717, 1.165) is 18.6 Å². The molecule has 0 fully saturated rings. The van der Waals surface area contributed by atoms with Crippen molar-refractivity contribution in [2.24, 2.45) is 4.99 Å². The molecule has 0 aliphatic rings. The number of aromatic hydroxyl groups is 1. The molecule has 0 aliphatic carbocycles. The van der Waals surface area contributed by atoms with E-state index in [1.54, 1.807) is 12.3 Å². The summed E-state index contributed by atoms with van der Waals surface area (Å²) in [7, 11) is 0. The maximum Gasteiger partial charge on any atom is 0.312 e. The maximum atomic E-state index is 11.5. The molecule has 0 saturated heterocycles. The number of aliphatic imine (C=N–C) groups is 1. The molecular weight excluding hydrogens is 406 g/mol. The Labute approximate surface area is 178 Å². The quantitative estimate of drug-likeness (QED) is 0.286. The fraction of sp³-hybridized carbons (Fsp3) is 0.333. The number of unbranched alkanes of at least 4 members (excludes halogenated alkanes) is 1. The number of carbonyl (C=O) groups is 1. The van der Waals surface area contributed by atoms with Gasteiger partial charge in [-0.15, -0.1) is 11.3 Å². The molecule has 0 unspecified atom stereocenters. The van der Waals surface area contributed by atoms with Crippen molar-refractivity contribution in [1.29, 1.82) is 0 Å². The molecule has 2 heterocycles. The van der Waals surface area contributed by atoms with Crippen molar-refractivity contribution in [2.45, 2.75) is 33.1 Å². The lowest BCUT2D eigenvalue weighted by atomic mass is 10.2. The van der Waals surface area contributed by atoms with Crippen LogP contribution in [-0.2, 0) is 16.0 Å². The van der Waals surface area contributed by atoms with Crippen molar-refractivity contribution in [3.8, 4) is 23.1 Å². The number of benzene rings is 1. The van der Waals surface area contributed by atoms with Gasteiger partial charge in [0, 0.05) is 10.9 Å². The number of aromatic nitrogens is 2. The highest BCUT2D eigenvalue weighted by Gasteiger charge is 2.13. The standard InChI is InChI=1S/C21H23N3O5S/c1-3-5-10-28-16-8-6-14(7-9-16)19-24-17(20(26)29-19)12-22-21-23-15(13-30-21)11-18(25)27-4-2/h6-9,12-13,26H,3-5,10-11H2,1-2H3. The van der Waals surface area contributed by atoms with Crippen LogP contribution < -0.4 is 4.74 Å². The van der Waals surface area contributed by atoms with Crippen LogP contribution >= 0.6 is 11.3 Å². The Hall–Kier alpha value is -3.20. The maximum absolute atomic E-state index is 11.5. The monoisotopic (exact) mass is 429 g/mol. The second-order valence-electron chi connectivity index (χ2n) is 6.30. The molecule has 0 aliphatic heterocycles. The van der Waals surface area contributed by atoms with Crippen molar-refractivity contribution < 1.29 is 23.8 Å². The fourth-order valence-electron chi connectivity index (χ4n) is 2.47. The van der Waals surface area contributed by atoms with E-state index in [9.17, 15) is 9.90 Å². The Bertz CT molecular complexity index is 994. The summed E-state index contributed by atoms with van der Waals surface area (Å²) in [5, 5.41) is 12.2. The predicted molar refractivity (Wildman–Crippen MR) is 114 cm³/mol. The van der Waals surface area contributed by atoms with Crippen molar-refractivity contribution >= 4 is 28.7 Å². The van der Waals surface area contributed by atoms with Crippen LogP contribution in [0.1, 0.15) is 38.1 Å². The van der Waals surface area contributed by atoms with Crippen LogP contribution in [0.25, 0.3) is 11.5 Å². The smallest absolute Gasteiger partial charge is 0.312 e. The second-order valence-corrected chi connectivity index (χ2v) is 7.13. The normalized spacial score (nSPS) is 11.1. The first-order valence-electron chi connectivity index (χ1n) is 9.66. The minimum atomic E-state index is -0.334. The minimum absolute atomic E-state index is 0.0946. The molecule has 30 heavy (non-hydrogen) atoms. The molecule has 0 amide bonds. The third-order valence-corrected chi connectivity index (χ3v) is 4.77. The summed E-state index contributed by atoms with van der Waals surface area (Å²) >= 11 is 1.28. The molecule has 0 bridgehead atoms. The molecular formula is C21H23N3O5S. The lowest BCUT2D eigenvalue weighted by Gasteiger charge is -2.05. The number of carbonyl (C=O) groups excluding carboxylic acids is 1. The van der Waals surface area contributed by atoms with E-state index in [1.165, 1.54) is 17.6 Å². The molecule has 9 heteroatoms. The first kappa shape index (κ1) is 21.5. The van der Waals surface area contributed by atoms with Gasteiger partial charge in [0.1, 0.15) is 5.75 Å². The molecule has 1 N–H and O–H groups in total. The number of rotatable bonds is 10. The molecule has 0 saturated carbocycles. The molecule has 0 atom stereocenters. The molecule has 0 spiro atoms. The largest absolute Gasteiger partial charge is 0.494 e. The van der Waals surface area contributed by atoms with Gasteiger partial charge in [0.05, 0.1) is 31.5 Å². The highest BCUT2D eigenvalue weighted by atomic mass is 32.1. The van der Waals surface area contributed by atoms with E-state index in [0.29, 0.717) is 29.6 Å². The highest BCUT2D eigenvalue weighted by Crippen LogP contribution is 2.28. The first-order valence-corrected chi connectivity index (χ1v) is 10.5. The third kappa shape index (κ3) is 5.90. The van der Waals surface area contributed by atoms with Crippen LogP contribution in [0.4, 0.5) is 5.13 Å². The zero-order valence-electron chi connectivity index (χ0n) is 16.8. The highest BCUT2D eigenvalue weighted by molar-refractivity contribution is 7.13. The number of oxazole rings is 1. The minimum Gasteiger partial charge on any atom is -0.494 e. The molecule has 1 aromatic carbocycles. The molecule has 2 aromatic heterocycles. The van der Waals surface area contributed by atoms with Crippen LogP contribution in [0.15, 0.2) is 39.1 Å². The number of thiazole rings is 1. The Morgan fingerprint density at radius 2 is 2.07 bits per heavy atom. The van der Waals surface area contributed by atoms with Gasteiger partial charge in [0.2, 0.25) is 11.0 Å². The van der Waals surface area contributed by atoms with E-state index in [4.69, 9.17) is 13.9 Å². The topological polar surface area (TPSA) is 107 Å². The van der Waals surface area contributed by atoms with Gasteiger partial charge in [-0.3, -0.25) is 4.79 Å². The van der Waals surface area contributed by atoms with Crippen LogP contribution in [0.3, 0.4) is 0 Å². The number of nitrogens with zero attached hydrogens (tertiary/aromatic N) is 3. The molecule has 0 radical (unpaired) electrons. The van der Waals surface area contributed by atoms with Gasteiger partial charge >= 0.3 is 11.9 Å². The predicted octanol–water partition coefficient (Wildman–Crippen LogP) is 4.54. The summed E-state index contributed by atoms with van der Waals surface area (Å²) in [5.74, 6) is 0.377. The van der Waals surface area contributed by atoms with Crippen molar-refractivity contribution in [3.05, 3.63) is 41.0 Å². The summed E-state index contributed by atoms with van der Waals surface area (Å²) in [5.41, 5.74) is 1.48. The lowest BCUT2D eigenvalue weighted by molar-refractivity contribution is -0.142. The van der Waals surface area contributed by atoms with Gasteiger partial charge in [-0.05, 0) is 37.6 Å². The Balaban J connectivity index is 1.65. The summed E-state index contributed by atoms with van der Waals surface area (Å²) in [6, 6.07) is 7.30. The third-order valence-electron chi connectivity index (χ3n) is 3.97. The van der Waals surface area contributed by atoms with E-state index < -0.39 is 0 Å².